The van der Waals surface area contributed by atoms with Gasteiger partial charge >= 0.3 is 11.8 Å². The van der Waals surface area contributed by atoms with Gasteiger partial charge in [0.15, 0.2) is 0 Å². The first kappa shape index (κ1) is 20.8. The molecule has 0 saturated carbocycles. The summed E-state index contributed by atoms with van der Waals surface area (Å²) >= 11 is 0. The fourth-order valence-corrected chi connectivity index (χ4v) is 4.22. The molecule has 1 atom stereocenters. The lowest BCUT2D eigenvalue weighted by molar-refractivity contribution is -0.139. The Morgan fingerprint density at radius 3 is 2.59 bits per heavy atom. The number of ether oxygens (including phenoxy) is 1. The Morgan fingerprint density at radius 1 is 1.17 bits per heavy atom. The maximum absolute atomic E-state index is 13.1. The highest BCUT2D eigenvalue weighted by molar-refractivity contribution is 7.89. The number of hydrogen-bond donors (Lipinski definition) is 2. The monoisotopic (exact) mass is 422 g/mol. The van der Waals surface area contributed by atoms with Gasteiger partial charge in [-0.15, -0.1) is 0 Å². The molecule has 0 bridgehead atoms. The minimum absolute atomic E-state index is 0.0768. The molecule has 154 valence electrons. The molecular weight excluding hydrogens is 403 g/mol. The van der Waals surface area contributed by atoms with Gasteiger partial charge in [-0.25, -0.2) is 12.8 Å². The van der Waals surface area contributed by atoms with Crippen LogP contribution in [0.2, 0.25) is 0 Å². The molecule has 1 aliphatic heterocycles. The summed E-state index contributed by atoms with van der Waals surface area (Å²) in [6, 6.07) is 7.86. The third-order valence-corrected chi connectivity index (χ3v) is 6.09. The van der Waals surface area contributed by atoms with E-state index >= 15 is 0 Å². The van der Waals surface area contributed by atoms with Gasteiger partial charge < -0.3 is 15.4 Å². The molecule has 0 radical (unpaired) electrons. The van der Waals surface area contributed by atoms with Gasteiger partial charge in [0.1, 0.15) is 12.0 Å². The van der Waals surface area contributed by atoms with Crippen LogP contribution in [0.15, 0.2) is 53.7 Å². The van der Waals surface area contributed by atoms with E-state index in [1.54, 1.807) is 24.5 Å². The zero-order valence-corrected chi connectivity index (χ0v) is 16.1. The van der Waals surface area contributed by atoms with Crippen molar-refractivity contribution >= 4 is 21.8 Å². The molecule has 1 aliphatic rings. The number of amides is 2. The number of rotatable bonds is 6. The molecule has 1 saturated heterocycles. The van der Waals surface area contributed by atoms with E-state index in [1.807, 2.05) is 0 Å². The molecule has 1 aromatic carbocycles. The number of nitrogens with one attached hydrogen (secondary N) is 2. The van der Waals surface area contributed by atoms with E-state index in [4.69, 9.17) is 4.74 Å². The maximum atomic E-state index is 13.1. The van der Waals surface area contributed by atoms with Crippen molar-refractivity contribution in [3.8, 4) is 0 Å². The number of nitrogens with zero attached hydrogens (tertiary/aromatic N) is 2. The minimum atomic E-state index is -3.94. The van der Waals surface area contributed by atoms with Crippen LogP contribution >= 0.6 is 0 Å². The van der Waals surface area contributed by atoms with Crippen molar-refractivity contribution in [2.24, 2.45) is 0 Å². The third-order valence-electron chi connectivity index (χ3n) is 4.18. The van der Waals surface area contributed by atoms with E-state index in [1.165, 1.54) is 0 Å². The molecule has 11 heteroatoms. The first-order valence-corrected chi connectivity index (χ1v) is 10.2. The fraction of sp³-hybridized carbons (Fsp3) is 0.278. The first-order chi connectivity index (χ1) is 13.9. The number of aromatic nitrogens is 1. The molecule has 0 spiro atoms. The van der Waals surface area contributed by atoms with Crippen LogP contribution in [0.1, 0.15) is 5.56 Å². The molecule has 9 nitrogen and oxygen atoms in total. The summed E-state index contributed by atoms with van der Waals surface area (Å²) in [7, 11) is -3.94. The second-order valence-corrected chi connectivity index (χ2v) is 8.04. The van der Waals surface area contributed by atoms with E-state index in [0.717, 1.165) is 34.1 Å². The lowest BCUT2D eigenvalue weighted by atomic mass is 10.3. The summed E-state index contributed by atoms with van der Waals surface area (Å²) in [4.78, 5) is 27.7. The van der Waals surface area contributed by atoms with Gasteiger partial charge in [-0.3, -0.25) is 14.6 Å². The summed E-state index contributed by atoms with van der Waals surface area (Å²) in [5, 5.41) is 4.81. The highest BCUT2D eigenvalue weighted by Crippen LogP contribution is 2.22. The zero-order valence-electron chi connectivity index (χ0n) is 15.2. The van der Waals surface area contributed by atoms with E-state index in [2.05, 4.69) is 15.6 Å². The summed E-state index contributed by atoms with van der Waals surface area (Å²) in [6.07, 6.45) is 2.17. The molecule has 0 aliphatic carbocycles. The normalized spacial score (nSPS) is 17.1. The largest absolute Gasteiger partial charge is 0.359 e. The first-order valence-electron chi connectivity index (χ1n) is 8.72. The SMILES string of the molecule is O=C(NCc1cccnc1)C(=O)NC[C@@H]1OCCN1S(=O)(=O)c1ccc(F)cc1. The maximum Gasteiger partial charge on any atom is 0.309 e. The summed E-state index contributed by atoms with van der Waals surface area (Å²) < 4.78 is 44.9. The molecule has 2 aromatic rings. The number of pyridine rings is 1. The second-order valence-electron chi connectivity index (χ2n) is 6.15. The van der Waals surface area contributed by atoms with Gasteiger partial charge in [-0.2, -0.15) is 4.31 Å². The van der Waals surface area contributed by atoms with Gasteiger partial charge in [0.05, 0.1) is 18.0 Å². The van der Waals surface area contributed by atoms with Crippen molar-refractivity contribution in [1.82, 2.24) is 19.9 Å². The molecule has 2 heterocycles. The van der Waals surface area contributed by atoms with Crippen LogP contribution in [0.5, 0.6) is 0 Å². The Kier molecular flexibility index (Phi) is 6.52. The average Bonchev–Trinajstić information content (AvgIpc) is 3.21. The fourth-order valence-electron chi connectivity index (χ4n) is 2.71. The molecule has 3 rings (SSSR count). The molecular formula is C18H19FN4O5S. The number of carbonyl (C=O) groups excluding carboxylic acids is 2. The van der Waals surface area contributed by atoms with Crippen LogP contribution in [0, 0.1) is 5.82 Å². The van der Waals surface area contributed by atoms with Crippen molar-refractivity contribution in [2.75, 3.05) is 19.7 Å². The van der Waals surface area contributed by atoms with Crippen LogP contribution in [0.4, 0.5) is 4.39 Å². The van der Waals surface area contributed by atoms with Crippen LogP contribution in [-0.2, 0) is 30.9 Å². The van der Waals surface area contributed by atoms with Gasteiger partial charge in [-0.05, 0) is 35.9 Å². The Morgan fingerprint density at radius 2 is 1.90 bits per heavy atom. The zero-order chi connectivity index (χ0) is 20.9. The quantitative estimate of drug-likeness (QED) is 0.633. The van der Waals surface area contributed by atoms with Gasteiger partial charge in [0.2, 0.25) is 10.0 Å². The Labute approximate surface area is 166 Å². The lowest BCUT2D eigenvalue weighted by Crippen LogP contribution is -2.47. The number of sulfonamides is 1. The van der Waals surface area contributed by atoms with E-state index in [0.29, 0.717) is 0 Å². The predicted molar refractivity (Wildman–Crippen MR) is 99.1 cm³/mol. The van der Waals surface area contributed by atoms with Crippen molar-refractivity contribution in [3.63, 3.8) is 0 Å². The number of carbonyl (C=O) groups is 2. The highest BCUT2D eigenvalue weighted by atomic mass is 32.2. The number of hydrogen-bond acceptors (Lipinski definition) is 6. The van der Waals surface area contributed by atoms with Gasteiger partial charge in [0.25, 0.3) is 0 Å². The Hall–Kier alpha value is -2.89. The third kappa shape index (κ3) is 5.13. The van der Waals surface area contributed by atoms with Crippen LogP contribution in [-0.4, -0.2) is 55.4 Å². The summed E-state index contributed by atoms with van der Waals surface area (Å²) in [6.45, 7) is 0.131. The van der Waals surface area contributed by atoms with Crippen LogP contribution < -0.4 is 10.6 Å². The molecule has 29 heavy (non-hydrogen) atoms. The van der Waals surface area contributed by atoms with Gasteiger partial charge in [0, 0.05) is 25.5 Å². The molecule has 2 amide bonds. The van der Waals surface area contributed by atoms with E-state index in [9.17, 15) is 22.4 Å². The van der Waals surface area contributed by atoms with Crippen molar-refractivity contribution in [2.45, 2.75) is 17.7 Å². The van der Waals surface area contributed by atoms with Crippen LogP contribution in [0.3, 0.4) is 0 Å². The molecule has 2 N–H and O–H groups in total. The van der Waals surface area contributed by atoms with Crippen LogP contribution in [0.25, 0.3) is 0 Å². The topological polar surface area (TPSA) is 118 Å². The summed E-state index contributed by atoms with van der Waals surface area (Å²) in [5.41, 5.74) is 0.726. The molecule has 1 aromatic heterocycles. The smallest absolute Gasteiger partial charge is 0.309 e. The van der Waals surface area contributed by atoms with Crippen molar-refractivity contribution in [3.05, 3.63) is 60.2 Å². The molecule has 1 fully saturated rings. The Balaban J connectivity index is 1.55. The second kappa shape index (κ2) is 9.07. The minimum Gasteiger partial charge on any atom is -0.359 e. The number of benzene rings is 1. The standard InChI is InChI=1S/C18H19FN4O5S/c19-14-3-5-15(6-4-14)29(26,27)23-8-9-28-16(23)12-22-18(25)17(24)21-11-13-2-1-7-20-10-13/h1-7,10,16H,8-9,11-12H2,(H,21,24)(H,22,25)/t16-/m0/s1. The van der Waals surface area contributed by atoms with E-state index < -0.39 is 33.9 Å². The van der Waals surface area contributed by atoms with Crippen molar-refractivity contribution < 1.29 is 27.1 Å². The lowest BCUT2D eigenvalue weighted by Gasteiger charge is -2.22. The van der Waals surface area contributed by atoms with Gasteiger partial charge in [-0.1, -0.05) is 6.07 Å². The summed E-state index contributed by atoms with van der Waals surface area (Å²) in [5.74, 6) is -2.33. The average molecular weight is 422 g/mol. The van der Waals surface area contributed by atoms with Crippen molar-refractivity contribution in [1.29, 1.82) is 0 Å². The predicted octanol–water partition coefficient (Wildman–Crippen LogP) is 0.000300. The Bertz CT molecular complexity index is 970. The highest BCUT2D eigenvalue weighted by Gasteiger charge is 2.36. The number of halogens is 1. The molecule has 0 unspecified atom stereocenters. The van der Waals surface area contributed by atoms with E-state index in [-0.39, 0.29) is 31.1 Å².